The van der Waals surface area contributed by atoms with Gasteiger partial charge in [-0.1, -0.05) is 6.07 Å². The summed E-state index contributed by atoms with van der Waals surface area (Å²) in [7, 11) is 3.66. The highest BCUT2D eigenvalue weighted by molar-refractivity contribution is 5.73. The Bertz CT molecular complexity index is 959. The molecule has 0 bridgehead atoms. The molecule has 8 heteroatoms. The van der Waals surface area contributed by atoms with E-state index in [1.54, 1.807) is 33.8 Å². The summed E-state index contributed by atoms with van der Waals surface area (Å²) < 4.78 is 21.0. The van der Waals surface area contributed by atoms with Gasteiger partial charge in [0.15, 0.2) is 5.82 Å². The smallest absolute Gasteiger partial charge is 0.151 e. The molecular formula is C20H22FN5O2. The molecule has 0 saturated carbocycles. The van der Waals surface area contributed by atoms with Crippen molar-refractivity contribution in [2.75, 3.05) is 25.2 Å². The van der Waals surface area contributed by atoms with Crippen LogP contribution in [0.2, 0.25) is 0 Å². The van der Waals surface area contributed by atoms with Crippen LogP contribution in [0, 0.1) is 0 Å². The molecule has 3 heterocycles. The van der Waals surface area contributed by atoms with Crippen molar-refractivity contribution in [3.05, 3.63) is 42.6 Å². The van der Waals surface area contributed by atoms with E-state index in [4.69, 9.17) is 4.74 Å². The van der Waals surface area contributed by atoms with Crippen molar-refractivity contribution in [3.63, 3.8) is 0 Å². The first-order valence-electron chi connectivity index (χ1n) is 9.14. The number of alkyl halides is 1. The molecule has 1 aromatic carbocycles. The van der Waals surface area contributed by atoms with Gasteiger partial charge in [0.1, 0.15) is 11.9 Å². The van der Waals surface area contributed by atoms with Crippen LogP contribution in [-0.2, 0) is 11.8 Å². The molecule has 1 aliphatic heterocycles. The van der Waals surface area contributed by atoms with Crippen molar-refractivity contribution in [3.8, 4) is 28.3 Å². The summed E-state index contributed by atoms with van der Waals surface area (Å²) >= 11 is 0. The van der Waals surface area contributed by atoms with E-state index >= 15 is 0 Å². The molecule has 1 N–H and O–H groups in total. The van der Waals surface area contributed by atoms with Crippen molar-refractivity contribution in [2.45, 2.75) is 18.6 Å². The fourth-order valence-corrected chi connectivity index (χ4v) is 3.43. The first kappa shape index (κ1) is 18.4. The van der Waals surface area contributed by atoms with Gasteiger partial charge in [0.2, 0.25) is 0 Å². The normalized spacial score (nSPS) is 19.5. The van der Waals surface area contributed by atoms with Crippen LogP contribution in [0.15, 0.2) is 42.6 Å². The Labute approximate surface area is 162 Å². The molecule has 2 atom stereocenters. The molecule has 2 aromatic heterocycles. The van der Waals surface area contributed by atoms with Gasteiger partial charge in [-0.25, -0.2) is 4.39 Å². The van der Waals surface area contributed by atoms with E-state index in [-0.39, 0.29) is 18.4 Å². The van der Waals surface area contributed by atoms with Crippen LogP contribution in [-0.4, -0.2) is 57.6 Å². The number of hydrogen-bond donors (Lipinski definition) is 1. The van der Waals surface area contributed by atoms with Gasteiger partial charge in [0.25, 0.3) is 0 Å². The number of aromatic hydroxyl groups is 1. The third-order valence-corrected chi connectivity index (χ3v) is 5.04. The Morgan fingerprint density at radius 3 is 2.68 bits per heavy atom. The number of rotatable bonds is 4. The largest absolute Gasteiger partial charge is 0.507 e. The number of phenols is 1. The summed E-state index contributed by atoms with van der Waals surface area (Å²) in [6, 6.07) is 10.5. The highest BCUT2D eigenvalue weighted by Crippen LogP contribution is 2.32. The Morgan fingerprint density at radius 1 is 1.18 bits per heavy atom. The maximum absolute atomic E-state index is 14.1. The maximum atomic E-state index is 14.1. The van der Waals surface area contributed by atoms with Crippen molar-refractivity contribution < 1.29 is 14.2 Å². The number of phenolic OH excluding ortho intramolecular Hbond substituents is 1. The lowest BCUT2D eigenvalue weighted by Gasteiger charge is -2.34. The second-order valence-corrected chi connectivity index (χ2v) is 6.94. The molecule has 0 radical (unpaired) electrons. The molecule has 1 saturated heterocycles. The fourth-order valence-electron chi connectivity index (χ4n) is 3.43. The van der Waals surface area contributed by atoms with Crippen LogP contribution in [0.25, 0.3) is 22.5 Å². The number of benzene rings is 1. The Morgan fingerprint density at radius 2 is 2.04 bits per heavy atom. The van der Waals surface area contributed by atoms with Crippen molar-refractivity contribution in [2.24, 2.45) is 7.05 Å². The van der Waals surface area contributed by atoms with Crippen LogP contribution in [0.4, 0.5) is 10.2 Å². The summed E-state index contributed by atoms with van der Waals surface area (Å²) in [6.45, 7) is 0.647. The summed E-state index contributed by atoms with van der Waals surface area (Å²) in [5.74, 6) is 0.690. The van der Waals surface area contributed by atoms with Crippen LogP contribution >= 0.6 is 0 Å². The molecule has 0 aliphatic carbocycles. The summed E-state index contributed by atoms with van der Waals surface area (Å²) in [5, 5.41) is 23.3. The van der Waals surface area contributed by atoms with Crippen LogP contribution in [0.3, 0.4) is 0 Å². The zero-order chi connectivity index (χ0) is 19.7. The number of hydrogen-bond acceptors (Lipinski definition) is 6. The number of ether oxygens (including phenoxy) is 1. The van der Waals surface area contributed by atoms with E-state index in [1.165, 1.54) is 0 Å². The average Bonchev–Trinajstić information content (AvgIpc) is 3.14. The highest BCUT2D eigenvalue weighted by Gasteiger charge is 2.29. The first-order valence-corrected chi connectivity index (χ1v) is 9.14. The molecule has 3 aromatic rings. The number of nitrogens with zero attached hydrogens (tertiary/aromatic N) is 5. The third-order valence-electron chi connectivity index (χ3n) is 5.04. The van der Waals surface area contributed by atoms with Gasteiger partial charge in [-0.15, -0.1) is 10.2 Å². The molecule has 7 nitrogen and oxygen atoms in total. The third kappa shape index (κ3) is 3.55. The maximum Gasteiger partial charge on any atom is 0.151 e. The van der Waals surface area contributed by atoms with Crippen molar-refractivity contribution in [1.82, 2.24) is 20.0 Å². The van der Waals surface area contributed by atoms with Crippen molar-refractivity contribution in [1.29, 1.82) is 0 Å². The van der Waals surface area contributed by atoms with E-state index in [9.17, 15) is 9.50 Å². The molecule has 0 spiro atoms. The highest BCUT2D eigenvalue weighted by atomic mass is 19.1. The number of aryl methyl sites for hydroxylation is 1. The van der Waals surface area contributed by atoms with Crippen LogP contribution in [0.1, 0.15) is 6.42 Å². The lowest BCUT2D eigenvalue weighted by molar-refractivity contribution is 0.0225. The zero-order valence-corrected chi connectivity index (χ0v) is 15.8. The Balaban J connectivity index is 1.55. The molecule has 0 unspecified atom stereocenters. The lowest BCUT2D eigenvalue weighted by atomic mass is 10.0. The summed E-state index contributed by atoms with van der Waals surface area (Å²) in [6.07, 6.45) is 1.40. The predicted molar refractivity (Wildman–Crippen MR) is 104 cm³/mol. The van der Waals surface area contributed by atoms with Crippen LogP contribution in [0.5, 0.6) is 5.75 Å². The van der Waals surface area contributed by atoms with Gasteiger partial charge in [-0.2, -0.15) is 5.10 Å². The summed E-state index contributed by atoms with van der Waals surface area (Å²) in [5.41, 5.74) is 2.73. The number of anilines is 1. The molecular weight excluding hydrogens is 361 g/mol. The SMILES string of the molecule is CN(c1ccc(-c2ccc(-c3ccn(C)n3)cc2O)nn1)[C@@H]1CCOC[C@@H]1F. The Kier molecular flexibility index (Phi) is 4.95. The van der Waals surface area contributed by atoms with E-state index in [2.05, 4.69) is 15.3 Å². The lowest BCUT2D eigenvalue weighted by Crippen LogP contribution is -2.45. The van der Waals surface area contributed by atoms with Gasteiger partial charge in [0.05, 0.1) is 24.0 Å². The van der Waals surface area contributed by atoms with Crippen LogP contribution < -0.4 is 4.90 Å². The second-order valence-electron chi connectivity index (χ2n) is 6.94. The topological polar surface area (TPSA) is 76.3 Å². The second kappa shape index (κ2) is 7.55. The van der Waals surface area contributed by atoms with E-state index in [1.807, 2.05) is 32.4 Å². The minimum absolute atomic E-state index is 0.104. The standard InChI is InChI=1S/C20H22FN5O2/c1-25-9-7-16(24-25)13-3-4-14(19(27)11-13)17-5-6-20(23-22-17)26(2)18-8-10-28-12-15(18)21/h3-7,9,11,15,18,27H,8,10,12H2,1-2H3/t15-,18+/m0/s1. The first-order chi connectivity index (χ1) is 13.5. The minimum atomic E-state index is -1.05. The van der Waals surface area contributed by atoms with E-state index in [0.29, 0.717) is 30.1 Å². The van der Waals surface area contributed by atoms with E-state index < -0.39 is 6.17 Å². The minimum Gasteiger partial charge on any atom is -0.507 e. The molecule has 4 rings (SSSR count). The van der Waals surface area contributed by atoms with Gasteiger partial charge >= 0.3 is 0 Å². The van der Waals surface area contributed by atoms with E-state index in [0.717, 1.165) is 11.3 Å². The zero-order valence-electron chi connectivity index (χ0n) is 15.8. The number of halogens is 1. The summed E-state index contributed by atoms with van der Waals surface area (Å²) in [4.78, 5) is 1.80. The predicted octanol–water partition coefficient (Wildman–Crippen LogP) is 2.81. The van der Waals surface area contributed by atoms with Gasteiger partial charge < -0.3 is 14.7 Å². The Hall–Kier alpha value is -3.00. The molecule has 0 amide bonds. The van der Waals surface area contributed by atoms with Crippen molar-refractivity contribution >= 4 is 5.82 Å². The quantitative estimate of drug-likeness (QED) is 0.747. The molecule has 28 heavy (non-hydrogen) atoms. The van der Waals surface area contributed by atoms with Gasteiger partial charge in [-0.3, -0.25) is 4.68 Å². The molecule has 1 aliphatic rings. The number of aromatic nitrogens is 4. The average molecular weight is 383 g/mol. The van der Waals surface area contributed by atoms with Gasteiger partial charge in [0, 0.05) is 38.0 Å². The molecule has 1 fully saturated rings. The fraction of sp³-hybridized carbons (Fsp3) is 0.350. The monoisotopic (exact) mass is 383 g/mol. The van der Waals surface area contributed by atoms with Gasteiger partial charge in [-0.05, 0) is 36.8 Å². The molecule has 146 valence electrons.